The summed E-state index contributed by atoms with van der Waals surface area (Å²) in [5.41, 5.74) is 7.70. The Hall–Kier alpha value is -3.66. The van der Waals surface area contributed by atoms with Crippen molar-refractivity contribution in [3.8, 4) is 0 Å². The molecule has 0 radical (unpaired) electrons. The normalized spacial score (nSPS) is 21.7. The Bertz CT molecular complexity index is 1560. The highest BCUT2D eigenvalue weighted by Gasteiger charge is 2.50. The summed E-state index contributed by atoms with van der Waals surface area (Å²) in [6.45, 7) is 7.59. The Kier molecular flexibility index (Phi) is 3.44. The van der Waals surface area contributed by atoms with Crippen LogP contribution < -0.4 is 5.32 Å². The number of aromatic nitrogens is 1. The van der Waals surface area contributed by atoms with Crippen molar-refractivity contribution in [1.82, 2.24) is 4.57 Å². The number of nitrogens with zero attached hydrogens (tertiary/aromatic N) is 1. The second-order valence-corrected chi connectivity index (χ2v) is 10.2. The molecule has 4 aromatic rings. The summed E-state index contributed by atoms with van der Waals surface area (Å²) in [5.74, 6) is 0.396. The summed E-state index contributed by atoms with van der Waals surface area (Å²) >= 11 is 0. The number of hydrogen-bond acceptors (Lipinski definition) is 3. The third-order valence-electron chi connectivity index (χ3n) is 8.18. The molecule has 1 aliphatic carbocycles. The molecule has 0 bridgehead atoms. The number of aryl methyl sites for hydroxylation is 1. The van der Waals surface area contributed by atoms with E-state index in [0.29, 0.717) is 28.2 Å². The molecule has 4 heteroatoms. The molecule has 0 fully saturated rings. The average Bonchev–Trinajstić information content (AvgIpc) is 3.34. The number of fused-ring (bicyclic) bond motifs is 10. The molecule has 3 aromatic carbocycles. The van der Waals surface area contributed by atoms with Crippen LogP contribution in [0.1, 0.15) is 68.4 Å². The average molecular weight is 433 g/mol. The standard InChI is InChI=1S/C29H24N2O2/c1-15-16-8-6-7-11-22(16)31-14-21-23(26(15)31)19-12-13-20-24(25(19)30-29(21,2)3)28(33)18-10-5-4-9-17(18)27(20)32/h4-13,21,23,30H,14H2,1-3H3/t21-,23-/m0/s1. The molecule has 2 atom stereocenters. The van der Waals surface area contributed by atoms with Crippen LogP contribution in [0.2, 0.25) is 0 Å². The van der Waals surface area contributed by atoms with E-state index in [1.807, 2.05) is 18.2 Å². The van der Waals surface area contributed by atoms with Gasteiger partial charge in [-0.2, -0.15) is 0 Å². The van der Waals surface area contributed by atoms with Gasteiger partial charge in [0.25, 0.3) is 0 Å². The van der Waals surface area contributed by atoms with Crippen molar-refractivity contribution in [1.29, 1.82) is 0 Å². The fourth-order valence-electron chi connectivity index (χ4n) is 6.61. The van der Waals surface area contributed by atoms with Gasteiger partial charge in [0.1, 0.15) is 0 Å². The molecule has 0 amide bonds. The predicted molar refractivity (Wildman–Crippen MR) is 129 cm³/mol. The SMILES string of the molecule is Cc1c2n(c3ccccc13)C[C@H]1[C@@H]2c2ccc3c(c2NC1(C)C)C(=O)c1ccccc1C3=O. The number of benzene rings is 3. The highest BCUT2D eigenvalue weighted by molar-refractivity contribution is 6.30. The van der Waals surface area contributed by atoms with Gasteiger partial charge in [-0.05, 0) is 44.0 Å². The Morgan fingerprint density at radius 1 is 0.879 bits per heavy atom. The maximum absolute atomic E-state index is 13.7. The van der Waals surface area contributed by atoms with Gasteiger partial charge in [0.05, 0.1) is 11.3 Å². The highest BCUT2D eigenvalue weighted by atomic mass is 16.1. The summed E-state index contributed by atoms with van der Waals surface area (Å²) in [4.78, 5) is 27.0. The molecule has 4 nitrogen and oxygen atoms in total. The van der Waals surface area contributed by atoms with Gasteiger partial charge < -0.3 is 9.88 Å². The molecule has 33 heavy (non-hydrogen) atoms. The minimum Gasteiger partial charge on any atom is -0.379 e. The van der Waals surface area contributed by atoms with Crippen LogP contribution in [0.4, 0.5) is 5.69 Å². The summed E-state index contributed by atoms with van der Waals surface area (Å²) in [6, 6.07) is 19.7. The van der Waals surface area contributed by atoms with E-state index in [4.69, 9.17) is 0 Å². The lowest BCUT2D eigenvalue weighted by Gasteiger charge is -2.44. The molecule has 0 unspecified atom stereocenters. The third kappa shape index (κ3) is 2.21. The van der Waals surface area contributed by atoms with Gasteiger partial charge >= 0.3 is 0 Å². The van der Waals surface area contributed by atoms with Crippen molar-refractivity contribution in [3.63, 3.8) is 0 Å². The Labute approximate surface area is 192 Å². The highest BCUT2D eigenvalue weighted by Crippen LogP contribution is 2.55. The third-order valence-corrected chi connectivity index (χ3v) is 8.18. The summed E-state index contributed by atoms with van der Waals surface area (Å²) < 4.78 is 2.47. The predicted octanol–water partition coefficient (Wildman–Crippen LogP) is 5.69. The van der Waals surface area contributed by atoms with Gasteiger partial charge in [-0.15, -0.1) is 0 Å². The van der Waals surface area contributed by atoms with Crippen LogP contribution in [0.25, 0.3) is 10.9 Å². The first-order valence-corrected chi connectivity index (χ1v) is 11.6. The van der Waals surface area contributed by atoms with E-state index < -0.39 is 0 Å². The van der Waals surface area contributed by atoms with Gasteiger partial charge in [-0.1, -0.05) is 48.5 Å². The molecule has 7 rings (SSSR count). The Morgan fingerprint density at radius 2 is 1.58 bits per heavy atom. The zero-order chi connectivity index (χ0) is 22.6. The van der Waals surface area contributed by atoms with Crippen molar-refractivity contribution in [2.75, 3.05) is 5.32 Å². The molecule has 3 heterocycles. The smallest absolute Gasteiger partial charge is 0.196 e. The number of carbonyl (C=O) groups is 2. The molecule has 2 aliphatic heterocycles. The fourth-order valence-corrected chi connectivity index (χ4v) is 6.61. The molecule has 3 aliphatic rings. The summed E-state index contributed by atoms with van der Waals surface area (Å²) in [5, 5.41) is 5.02. The quantitative estimate of drug-likeness (QED) is 0.342. The van der Waals surface area contributed by atoms with Crippen molar-refractivity contribution in [2.24, 2.45) is 5.92 Å². The van der Waals surface area contributed by atoms with E-state index in [1.54, 1.807) is 12.1 Å². The van der Waals surface area contributed by atoms with Gasteiger partial charge in [0.2, 0.25) is 0 Å². The number of carbonyl (C=O) groups excluding carboxylic acids is 2. The zero-order valence-electron chi connectivity index (χ0n) is 18.9. The lowest BCUT2D eigenvalue weighted by atomic mass is 9.69. The van der Waals surface area contributed by atoms with Crippen LogP contribution >= 0.6 is 0 Å². The van der Waals surface area contributed by atoms with Crippen molar-refractivity contribution >= 4 is 28.2 Å². The van der Waals surface area contributed by atoms with E-state index in [9.17, 15) is 9.59 Å². The monoisotopic (exact) mass is 432 g/mol. The second kappa shape index (κ2) is 6.02. The maximum Gasteiger partial charge on any atom is 0.196 e. The molecular weight excluding hydrogens is 408 g/mol. The first-order chi connectivity index (χ1) is 15.9. The Balaban J connectivity index is 1.52. The Morgan fingerprint density at radius 3 is 2.36 bits per heavy atom. The number of hydrogen-bond donors (Lipinski definition) is 1. The number of ketones is 2. The molecule has 1 N–H and O–H groups in total. The van der Waals surface area contributed by atoms with Crippen molar-refractivity contribution in [2.45, 2.75) is 38.8 Å². The first kappa shape index (κ1) is 18.9. The van der Waals surface area contributed by atoms with Gasteiger partial charge in [0.15, 0.2) is 11.6 Å². The van der Waals surface area contributed by atoms with Crippen LogP contribution in [0.3, 0.4) is 0 Å². The lowest BCUT2D eigenvalue weighted by molar-refractivity contribution is 0.0979. The molecule has 0 saturated carbocycles. The number of anilines is 1. The fraction of sp³-hybridized carbons (Fsp3) is 0.241. The first-order valence-electron chi connectivity index (χ1n) is 11.6. The zero-order valence-corrected chi connectivity index (χ0v) is 18.9. The van der Waals surface area contributed by atoms with Gasteiger partial charge in [0, 0.05) is 57.2 Å². The molecule has 162 valence electrons. The van der Waals surface area contributed by atoms with Crippen molar-refractivity contribution in [3.05, 3.63) is 99.7 Å². The van der Waals surface area contributed by atoms with E-state index in [1.165, 1.54) is 22.2 Å². The molecule has 1 aromatic heterocycles. The van der Waals surface area contributed by atoms with Crippen LogP contribution in [0, 0.1) is 12.8 Å². The van der Waals surface area contributed by atoms with E-state index in [2.05, 4.69) is 61.0 Å². The lowest BCUT2D eigenvalue weighted by Crippen LogP contribution is -2.46. The van der Waals surface area contributed by atoms with E-state index >= 15 is 0 Å². The minimum atomic E-state index is -0.236. The maximum atomic E-state index is 13.7. The number of rotatable bonds is 0. The summed E-state index contributed by atoms with van der Waals surface area (Å²) in [6.07, 6.45) is 0. The molecule has 0 saturated heterocycles. The number of para-hydroxylation sites is 1. The molecular formula is C29H24N2O2. The van der Waals surface area contributed by atoms with Gasteiger partial charge in [-0.3, -0.25) is 9.59 Å². The number of nitrogens with one attached hydrogen (secondary N) is 1. The van der Waals surface area contributed by atoms with Crippen LogP contribution in [0.15, 0.2) is 60.7 Å². The van der Waals surface area contributed by atoms with E-state index in [0.717, 1.165) is 17.8 Å². The minimum absolute atomic E-state index is 0.0611. The van der Waals surface area contributed by atoms with Crippen LogP contribution in [-0.2, 0) is 6.54 Å². The van der Waals surface area contributed by atoms with Gasteiger partial charge in [-0.25, -0.2) is 0 Å². The topological polar surface area (TPSA) is 51.1 Å². The molecule has 0 spiro atoms. The van der Waals surface area contributed by atoms with Crippen molar-refractivity contribution < 1.29 is 9.59 Å². The van der Waals surface area contributed by atoms with Crippen LogP contribution in [-0.4, -0.2) is 21.7 Å². The second-order valence-electron chi connectivity index (χ2n) is 10.2. The van der Waals surface area contributed by atoms with E-state index in [-0.39, 0.29) is 23.0 Å². The van der Waals surface area contributed by atoms with Crippen LogP contribution in [0.5, 0.6) is 0 Å². The summed E-state index contributed by atoms with van der Waals surface area (Å²) in [7, 11) is 0. The largest absolute Gasteiger partial charge is 0.379 e.